The second-order valence-corrected chi connectivity index (χ2v) is 3.45. The Morgan fingerprint density at radius 3 is 2.62 bits per heavy atom. The SMILES string of the molecule is [O-][p+]1ccccc1Cl. The minimum absolute atomic E-state index is 0.433. The second-order valence-electron chi connectivity index (χ2n) is 1.35. The van der Waals surface area contributed by atoms with Crippen LogP contribution in [0.5, 0.6) is 0 Å². The Morgan fingerprint density at radius 1 is 1.50 bits per heavy atom. The van der Waals surface area contributed by atoms with Gasteiger partial charge < -0.3 is 4.89 Å². The zero-order chi connectivity index (χ0) is 5.98. The van der Waals surface area contributed by atoms with E-state index in [-0.39, 0.29) is 0 Å². The van der Waals surface area contributed by atoms with Gasteiger partial charge in [0.15, 0.2) is 0 Å². The average molecular weight is 147 g/mol. The molecule has 0 spiro atoms. The van der Waals surface area contributed by atoms with Crippen molar-refractivity contribution >= 4 is 19.4 Å². The van der Waals surface area contributed by atoms with Gasteiger partial charge in [0, 0.05) is 6.07 Å². The molecular weight excluding hydrogens is 142 g/mol. The molecule has 0 aliphatic rings. The van der Waals surface area contributed by atoms with E-state index in [0.29, 0.717) is 4.75 Å². The quantitative estimate of drug-likeness (QED) is 0.547. The van der Waals surface area contributed by atoms with Crippen molar-refractivity contribution < 1.29 is 4.89 Å². The third-order valence-corrected chi connectivity index (χ3v) is 2.42. The molecule has 42 valence electrons. The topological polar surface area (TPSA) is 23.1 Å². The van der Waals surface area contributed by atoms with Crippen LogP contribution in [0.15, 0.2) is 24.0 Å². The highest BCUT2D eigenvalue weighted by Gasteiger charge is 1.94. The molecule has 0 saturated carbocycles. The van der Waals surface area contributed by atoms with E-state index >= 15 is 0 Å². The standard InChI is InChI=1S/C5H4ClOP/c6-5-3-1-2-4-8(5)7/h1-4H. The highest BCUT2D eigenvalue weighted by Crippen LogP contribution is 2.27. The summed E-state index contributed by atoms with van der Waals surface area (Å²) < 4.78 is 0.433. The molecule has 0 N–H and O–H groups in total. The molecule has 1 nitrogen and oxygen atoms in total. The molecule has 0 aliphatic carbocycles. The number of hydrogen-bond donors (Lipinski definition) is 0. The molecule has 0 amide bonds. The van der Waals surface area contributed by atoms with Crippen molar-refractivity contribution in [3.8, 4) is 0 Å². The van der Waals surface area contributed by atoms with Crippen LogP contribution in [0.1, 0.15) is 0 Å². The first-order chi connectivity index (χ1) is 3.80. The van der Waals surface area contributed by atoms with Crippen LogP contribution >= 0.6 is 19.4 Å². The molecule has 1 unspecified atom stereocenters. The van der Waals surface area contributed by atoms with E-state index < -0.39 is 7.76 Å². The monoisotopic (exact) mass is 146 g/mol. The highest BCUT2D eigenvalue weighted by atomic mass is 35.5. The lowest BCUT2D eigenvalue weighted by Gasteiger charge is -1.87. The number of rotatable bonds is 0. The van der Waals surface area contributed by atoms with Gasteiger partial charge >= 0.3 is 0 Å². The molecule has 0 bridgehead atoms. The van der Waals surface area contributed by atoms with Crippen molar-refractivity contribution in [1.82, 2.24) is 0 Å². The maximum atomic E-state index is 10.6. The van der Waals surface area contributed by atoms with E-state index in [1.165, 1.54) is 0 Å². The van der Waals surface area contributed by atoms with E-state index in [4.69, 9.17) is 11.6 Å². The van der Waals surface area contributed by atoms with Crippen molar-refractivity contribution in [2.75, 3.05) is 0 Å². The van der Waals surface area contributed by atoms with Gasteiger partial charge in [0.1, 0.15) is 13.6 Å². The molecule has 1 aromatic heterocycles. The Balaban J connectivity index is 3.13. The molecule has 0 aromatic carbocycles. The highest BCUT2D eigenvalue weighted by molar-refractivity contribution is 7.44. The third-order valence-electron chi connectivity index (χ3n) is 0.777. The Morgan fingerprint density at radius 2 is 2.25 bits per heavy atom. The van der Waals surface area contributed by atoms with E-state index in [0.717, 1.165) is 0 Å². The van der Waals surface area contributed by atoms with E-state index in [1.54, 1.807) is 24.0 Å². The summed E-state index contributed by atoms with van der Waals surface area (Å²) in [6.45, 7) is 0. The van der Waals surface area contributed by atoms with Gasteiger partial charge in [-0.1, -0.05) is 6.07 Å². The molecule has 1 rings (SSSR count). The van der Waals surface area contributed by atoms with Crippen LogP contribution in [0.2, 0.25) is 4.75 Å². The summed E-state index contributed by atoms with van der Waals surface area (Å²) in [6.07, 6.45) is 0. The molecular formula is C5H4ClOP. The van der Waals surface area contributed by atoms with Gasteiger partial charge in [0.25, 0.3) is 0 Å². The summed E-state index contributed by atoms with van der Waals surface area (Å²) >= 11 is 5.46. The summed E-state index contributed by atoms with van der Waals surface area (Å²) in [6, 6.07) is 5.13. The minimum Gasteiger partial charge on any atom is -0.625 e. The average Bonchev–Trinajstić information content (AvgIpc) is 1.77. The van der Waals surface area contributed by atoms with E-state index in [1.807, 2.05) is 0 Å². The van der Waals surface area contributed by atoms with Crippen LogP contribution in [0, 0.1) is 0 Å². The Labute approximate surface area is 53.7 Å². The third kappa shape index (κ3) is 1.19. The molecule has 3 heteroatoms. The van der Waals surface area contributed by atoms with E-state index in [2.05, 4.69) is 0 Å². The van der Waals surface area contributed by atoms with Gasteiger partial charge in [-0.3, -0.25) is 0 Å². The molecule has 0 aliphatic heterocycles. The van der Waals surface area contributed by atoms with Crippen LogP contribution in [0.4, 0.5) is 0 Å². The van der Waals surface area contributed by atoms with Gasteiger partial charge in [-0.2, -0.15) is 0 Å². The van der Waals surface area contributed by atoms with Crippen LogP contribution in [0.25, 0.3) is 0 Å². The van der Waals surface area contributed by atoms with Crippen LogP contribution < -0.4 is 4.89 Å². The fourth-order valence-corrected chi connectivity index (χ4v) is 1.28. The summed E-state index contributed by atoms with van der Waals surface area (Å²) in [7, 11) is -1.39. The number of halogens is 1. The molecule has 1 heterocycles. The summed E-state index contributed by atoms with van der Waals surface area (Å²) in [5.74, 6) is 1.58. The normalized spacial score (nSPS) is 11.5. The van der Waals surface area contributed by atoms with Crippen molar-refractivity contribution in [2.45, 2.75) is 0 Å². The molecule has 0 radical (unpaired) electrons. The van der Waals surface area contributed by atoms with Crippen molar-refractivity contribution in [3.05, 3.63) is 28.8 Å². The van der Waals surface area contributed by atoms with Crippen molar-refractivity contribution in [2.24, 2.45) is 0 Å². The predicted octanol–water partition coefficient (Wildman–Crippen LogP) is 1.73. The van der Waals surface area contributed by atoms with Crippen LogP contribution in [0.3, 0.4) is 0 Å². The minimum atomic E-state index is -1.39. The van der Waals surface area contributed by atoms with Gasteiger partial charge in [-0.25, -0.2) is 0 Å². The van der Waals surface area contributed by atoms with E-state index in [9.17, 15) is 4.89 Å². The first-order valence-corrected chi connectivity index (χ1v) is 3.85. The molecule has 0 fully saturated rings. The van der Waals surface area contributed by atoms with Crippen molar-refractivity contribution in [1.29, 1.82) is 0 Å². The lowest BCUT2D eigenvalue weighted by molar-refractivity contribution is -0.150. The lowest BCUT2D eigenvalue weighted by Crippen LogP contribution is -1.81. The Bertz CT molecular complexity index is 169. The molecule has 1 aromatic rings. The van der Waals surface area contributed by atoms with Gasteiger partial charge in [-0.15, -0.1) is 0 Å². The fraction of sp³-hybridized carbons (Fsp3) is 0. The molecule has 8 heavy (non-hydrogen) atoms. The Kier molecular flexibility index (Phi) is 1.85. The fourth-order valence-electron chi connectivity index (χ4n) is 0.407. The summed E-state index contributed by atoms with van der Waals surface area (Å²) in [4.78, 5) is 10.6. The maximum absolute atomic E-state index is 10.6. The zero-order valence-electron chi connectivity index (χ0n) is 4.04. The van der Waals surface area contributed by atoms with Crippen LogP contribution in [-0.4, -0.2) is 0 Å². The van der Waals surface area contributed by atoms with Gasteiger partial charge in [-0.05, 0) is 17.7 Å². The smallest absolute Gasteiger partial charge is 0.210 e. The zero-order valence-corrected chi connectivity index (χ0v) is 5.69. The van der Waals surface area contributed by atoms with Crippen LogP contribution in [-0.2, 0) is 0 Å². The second kappa shape index (κ2) is 2.45. The largest absolute Gasteiger partial charge is 0.625 e. The summed E-state index contributed by atoms with van der Waals surface area (Å²) in [5.41, 5.74) is 0. The van der Waals surface area contributed by atoms with Gasteiger partial charge in [0.2, 0.25) is 4.75 Å². The van der Waals surface area contributed by atoms with Gasteiger partial charge in [0.05, 0.1) is 0 Å². The lowest BCUT2D eigenvalue weighted by atomic mass is 10.6. The number of hydrogen-bond acceptors (Lipinski definition) is 1. The Hall–Kier alpha value is -0.100. The van der Waals surface area contributed by atoms with Crippen molar-refractivity contribution in [3.63, 3.8) is 0 Å². The molecule has 1 atom stereocenters. The maximum Gasteiger partial charge on any atom is 0.210 e. The summed E-state index contributed by atoms with van der Waals surface area (Å²) in [5, 5.41) is 0. The molecule has 0 saturated heterocycles. The first kappa shape index (κ1) is 6.03. The first-order valence-electron chi connectivity index (χ1n) is 2.14. The predicted molar refractivity (Wildman–Crippen MR) is 34.0 cm³/mol.